The molecule has 0 saturated heterocycles. The third-order valence-electron chi connectivity index (χ3n) is 4.53. The van der Waals surface area contributed by atoms with Crippen molar-refractivity contribution in [2.75, 3.05) is 12.3 Å². The molecule has 1 amide bonds. The molecule has 3 rings (SSSR count). The van der Waals surface area contributed by atoms with Crippen LogP contribution in [-0.4, -0.2) is 46.1 Å². The smallest absolute Gasteiger partial charge is 0.328 e. The predicted octanol–water partition coefficient (Wildman–Crippen LogP) is 3.93. The summed E-state index contributed by atoms with van der Waals surface area (Å²) in [4.78, 5) is 30.7. The maximum Gasteiger partial charge on any atom is 0.328 e. The first-order valence-electron chi connectivity index (χ1n) is 9.16. The van der Waals surface area contributed by atoms with Gasteiger partial charge in [-0.3, -0.25) is 14.7 Å². The van der Waals surface area contributed by atoms with E-state index in [4.69, 9.17) is 0 Å². The third kappa shape index (κ3) is 4.51. The lowest BCUT2D eigenvalue weighted by Crippen LogP contribution is -2.40. The van der Waals surface area contributed by atoms with Gasteiger partial charge in [0.05, 0.1) is 0 Å². The van der Waals surface area contributed by atoms with E-state index in [0.717, 1.165) is 11.1 Å². The highest BCUT2D eigenvalue weighted by molar-refractivity contribution is 7.80. The van der Waals surface area contributed by atoms with Crippen molar-refractivity contribution in [3.63, 3.8) is 0 Å². The predicted molar refractivity (Wildman–Crippen MR) is 114 cm³/mol. The molecule has 0 radical (unpaired) electrons. The molecule has 0 fully saturated rings. The van der Waals surface area contributed by atoms with Crippen molar-refractivity contribution in [1.82, 2.24) is 4.90 Å². The molecule has 0 unspecified atom stereocenters. The minimum atomic E-state index is -1.02. The number of amidine groups is 1. The van der Waals surface area contributed by atoms with Crippen LogP contribution in [0.4, 0.5) is 0 Å². The average Bonchev–Trinajstić information content (AvgIpc) is 2.74. The number of amides is 1. The summed E-state index contributed by atoms with van der Waals surface area (Å²) in [6, 6.07) is 16.2. The zero-order valence-corrected chi connectivity index (χ0v) is 16.3. The molecule has 1 atom stereocenters. The summed E-state index contributed by atoms with van der Waals surface area (Å²) < 4.78 is 0. The summed E-state index contributed by atoms with van der Waals surface area (Å²) in [7, 11) is 0. The van der Waals surface area contributed by atoms with Gasteiger partial charge in [-0.2, -0.15) is 12.6 Å². The molecule has 144 valence electrons. The molecule has 0 saturated carbocycles. The Hall–Kier alpha value is -2.86. The number of carbonyl (C=O) groups excluding carboxylic acids is 1. The fourth-order valence-electron chi connectivity index (χ4n) is 3.12. The van der Waals surface area contributed by atoms with Gasteiger partial charge in [0.25, 0.3) is 5.91 Å². The van der Waals surface area contributed by atoms with Crippen molar-refractivity contribution in [1.29, 1.82) is 0 Å². The second-order valence-electron chi connectivity index (χ2n) is 6.41. The van der Waals surface area contributed by atoms with Crippen LogP contribution in [0.1, 0.15) is 23.2 Å². The van der Waals surface area contributed by atoms with E-state index >= 15 is 0 Å². The molecule has 1 heterocycles. The standard InChI is InChI=1S/C22H22N2O3S/c25-21(18-11-5-4-10-17(18)16-8-2-1-3-9-16)24-14-7-6-12-20(24)23-19(13-15-28)22(26)27/h1-6,8-12,19,28H,7,13-15H2,(H,26,27)/t19-/m0/s1. The van der Waals surface area contributed by atoms with Gasteiger partial charge in [0.2, 0.25) is 0 Å². The van der Waals surface area contributed by atoms with Crippen molar-refractivity contribution < 1.29 is 14.7 Å². The van der Waals surface area contributed by atoms with Gasteiger partial charge in [0.1, 0.15) is 5.84 Å². The molecule has 2 aromatic carbocycles. The van der Waals surface area contributed by atoms with Gasteiger partial charge >= 0.3 is 5.97 Å². The molecular formula is C22H22N2O3S. The van der Waals surface area contributed by atoms with Crippen molar-refractivity contribution >= 4 is 30.3 Å². The highest BCUT2D eigenvalue weighted by Gasteiger charge is 2.26. The normalized spacial score (nSPS) is 16.2. The van der Waals surface area contributed by atoms with Crippen LogP contribution in [0.15, 0.2) is 71.7 Å². The zero-order chi connectivity index (χ0) is 19.9. The van der Waals surface area contributed by atoms with Crippen LogP contribution >= 0.6 is 12.6 Å². The lowest BCUT2D eigenvalue weighted by molar-refractivity contribution is -0.138. The van der Waals surface area contributed by atoms with E-state index in [2.05, 4.69) is 17.6 Å². The van der Waals surface area contributed by atoms with Gasteiger partial charge < -0.3 is 5.11 Å². The Morgan fingerprint density at radius 2 is 1.82 bits per heavy atom. The summed E-state index contributed by atoms with van der Waals surface area (Å²) in [5.41, 5.74) is 2.36. The molecule has 0 aromatic heterocycles. The quantitative estimate of drug-likeness (QED) is 0.730. The molecule has 1 aliphatic heterocycles. The molecular weight excluding hydrogens is 372 g/mol. The van der Waals surface area contributed by atoms with Gasteiger partial charge in [-0.15, -0.1) is 0 Å². The largest absolute Gasteiger partial charge is 0.480 e. The van der Waals surface area contributed by atoms with Crippen LogP contribution in [0.25, 0.3) is 11.1 Å². The molecule has 5 nitrogen and oxygen atoms in total. The van der Waals surface area contributed by atoms with Gasteiger partial charge in [-0.05, 0) is 41.9 Å². The highest BCUT2D eigenvalue weighted by Crippen LogP contribution is 2.25. The van der Waals surface area contributed by atoms with Crippen LogP contribution < -0.4 is 0 Å². The van der Waals surface area contributed by atoms with Crippen LogP contribution in [-0.2, 0) is 4.79 Å². The Labute approximate surface area is 169 Å². The lowest BCUT2D eigenvalue weighted by Gasteiger charge is -2.27. The Bertz CT molecular complexity index is 909. The zero-order valence-electron chi connectivity index (χ0n) is 15.4. The van der Waals surface area contributed by atoms with Crippen LogP contribution in [0, 0.1) is 0 Å². The van der Waals surface area contributed by atoms with Crippen LogP contribution in [0.3, 0.4) is 0 Å². The summed E-state index contributed by atoms with van der Waals surface area (Å²) >= 11 is 4.12. The topological polar surface area (TPSA) is 70.0 Å². The fraction of sp³-hybridized carbons (Fsp3) is 0.227. The first-order chi connectivity index (χ1) is 13.6. The number of hydrogen-bond donors (Lipinski definition) is 2. The van der Waals surface area contributed by atoms with E-state index in [-0.39, 0.29) is 5.91 Å². The van der Waals surface area contributed by atoms with Crippen LogP contribution in [0.5, 0.6) is 0 Å². The second kappa shape index (κ2) is 9.37. The maximum absolute atomic E-state index is 13.4. The first kappa shape index (κ1) is 19.9. The van der Waals surface area contributed by atoms with E-state index in [1.807, 2.05) is 54.6 Å². The number of carboxylic acid groups (broad SMARTS) is 1. The van der Waals surface area contributed by atoms with Gasteiger partial charge in [0.15, 0.2) is 6.04 Å². The number of carbonyl (C=O) groups is 2. The number of nitrogens with zero attached hydrogens (tertiary/aromatic N) is 2. The third-order valence-corrected chi connectivity index (χ3v) is 4.78. The Balaban J connectivity index is 1.97. The number of aliphatic imine (C=N–C) groups is 1. The summed E-state index contributed by atoms with van der Waals surface area (Å²) in [6.07, 6.45) is 4.63. The molecule has 1 aliphatic rings. The molecule has 28 heavy (non-hydrogen) atoms. The minimum Gasteiger partial charge on any atom is -0.480 e. The van der Waals surface area contributed by atoms with Crippen molar-refractivity contribution in [2.24, 2.45) is 4.99 Å². The molecule has 6 heteroatoms. The van der Waals surface area contributed by atoms with E-state index < -0.39 is 12.0 Å². The van der Waals surface area contributed by atoms with Gasteiger partial charge in [-0.1, -0.05) is 54.6 Å². The molecule has 0 bridgehead atoms. The average molecular weight is 394 g/mol. The number of hydrogen-bond acceptors (Lipinski definition) is 4. The van der Waals surface area contributed by atoms with Gasteiger partial charge in [0, 0.05) is 12.1 Å². The summed E-state index contributed by atoms with van der Waals surface area (Å²) in [6.45, 7) is 0.463. The van der Waals surface area contributed by atoms with Crippen molar-refractivity contribution in [3.05, 3.63) is 72.3 Å². The Morgan fingerprint density at radius 3 is 2.54 bits per heavy atom. The first-order valence-corrected chi connectivity index (χ1v) is 9.79. The van der Waals surface area contributed by atoms with Crippen LogP contribution in [0.2, 0.25) is 0 Å². The minimum absolute atomic E-state index is 0.183. The monoisotopic (exact) mass is 394 g/mol. The highest BCUT2D eigenvalue weighted by atomic mass is 32.1. The van der Waals surface area contributed by atoms with E-state index in [1.165, 1.54) is 0 Å². The number of rotatable bonds is 6. The number of benzene rings is 2. The van der Waals surface area contributed by atoms with Crippen molar-refractivity contribution in [2.45, 2.75) is 18.9 Å². The molecule has 0 spiro atoms. The number of carboxylic acids is 1. The fourth-order valence-corrected chi connectivity index (χ4v) is 3.37. The summed E-state index contributed by atoms with van der Waals surface area (Å²) in [5.74, 6) is -0.411. The van der Waals surface area contributed by atoms with Gasteiger partial charge in [-0.25, -0.2) is 4.79 Å². The molecule has 0 aliphatic carbocycles. The maximum atomic E-state index is 13.4. The van der Waals surface area contributed by atoms with Crippen molar-refractivity contribution in [3.8, 4) is 11.1 Å². The molecule has 2 aromatic rings. The number of aliphatic carboxylic acids is 1. The second-order valence-corrected chi connectivity index (χ2v) is 6.86. The van der Waals surface area contributed by atoms with E-state index in [1.54, 1.807) is 17.0 Å². The summed E-state index contributed by atoms with van der Waals surface area (Å²) in [5, 5.41) is 9.40. The SMILES string of the molecule is O=C(O)[C@H](CCS)N=C1C=CCCN1C(=O)c1ccccc1-c1ccccc1. The Kier molecular flexibility index (Phi) is 6.66. The van der Waals surface area contributed by atoms with E-state index in [9.17, 15) is 14.7 Å². The van der Waals surface area contributed by atoms with E-state index in [0.29, 0.717) is 36.5 Å². The molecule has 1 N–H and O–H groups in total. The number of thiol groups is 1. The Morgan fingerprint density at radius 1 is 1.11 bits per heavy atom. The lowest BCUT2D eigenvalue weighted by atomic mass is 9.98.